The molecule has 1 aromatic carbocycles. The molecule has 2 heterocycles. The molecule has 24 heavy (non-hydrogen) atoms. The number of carbonyl (C=O) groups is 2. The third kappa shape index (κ3) is 3.43. The van der Waals surface area contributed by atoms with Gasteiger partial charge in [-0.2, -0.15) is 0 Å². The minimum atomic E-state index is -0.513. The summed E-state index contributed by atoms with van der Waals surface area (Å²) < 4.78 is 5.41. The van der Waals surface area contributed by atoms with Crippen LogP contribution in [0.25, 0.3) is 11.5 Å². The maximum atomic E-state index is 11.9. The highest BCUT2D eigenvalue weighted by Gasteiger charge is 2.26. The maximum absolute atomic E-state index is 11.9. The molecule has 2 aromatic rings. The summed E-state index contributed by atoms with van der Waals surface area (Å²) in [6.07, 6.45) is 1.08. The van der Waals surface area contributed by atoms with Crippen molar-refractivity contribution in [2.45, 2.75) is 18.1 Å². The summed E-state index contributed by atoms with van der Waals surface area (Å²) in [6.45, 7) is 0.445. The number of nitro groups is 1. The van der Waals surface area contributed by atoms with Crippen LogP contribution < -0.4 is 0 Å². The Morgan fingerprint density at radius 3 is 2.96 bits per heavy atom. The van der Waals surface area contributed by atoms with Crippen LogP contribution in [-0.4, -0.2) is 44.1 Å². The molecule has 0 atom stereocenters. The van der Waals surface area contributed by atoms with Gasteiger partial charge in [0.05, 0.1) is 10.7 Å². The number of nitrogens with zero attached hydrogens (tertiary/aromatic N) is 4. The van der Waals surface area contributed by atoms with E-state index in [0.29, 0.717) is 24.9 Å². The molecule has 0 aliphatic carbocycles. The van der Waals surface area contributed by atoms with Gasteiger partial charge in [0.1, 0.15) is 0 Å². The quantitative estimate of drug-likeness (QED) is 0.456. The number of carbonyl (C=O) groups excluding carboxylic acids is 2. The number of likely N-dealkylation sites (tertiary alicyclic amines) is 1. The highest BCUT2D eigenvalue weighted by molar-refractivity contribution is 7.99. The van der Waals surface area contributed by atoms with Crippen LogP contribution in [0.4, 0.5) is 5.69 Å². The molecule has 1 aliphatic rings. The summed E-state index contributed by atoms with van der Waals surface area (Å²) >= 11 is 1.03. The van der Waals surface area contributed by atoms with Crippen molar-refractivity contribution in [3.8, 4) is 11.5 Å². The highest BCUT2D eigenvalue weighted by Crippen LogP contribution is 2.26. The van der Waals surface area contributed by atoms with Crippen molar-refractivity contribution in [3.63, 3.8) is 0 Å². The second kappa shape index (κ2) is 6.79. The van der Waals surface area contributed by atoms with Crippen molar-refractivity contribution >= 4 is 29.3 Å². The Morgan fingerprint density at radius 1 is 1.42 bits per heavy atom. The van der Waals surface area contributed by atoms with Crippen molar-refractivity contribution in [2.75, 3.05) is 12.3 Å². The molecule has 1 aromatic heterocycles. The van der Waals surface area contributed by atoms with Crippen LogP contribution >= 0.6 is 11.8 Å². The molecule has 124 valence electrons. The van der Waals surface area contributed by atoms with Gasteiger partial charge in [-0.25, -0.2) is 0 Å². The fourth-order valence-electron chi connectivity index (χ4n) is 2.25. The first-order valence-corrected chi connectivity index (χ1v) is 8.07. The molecule has 0 spiro atoms. The van der Waals surface area contributed by atoms with Gasteiger partial charge in [-0.1, -0.05) is 17.8 Å². The fraction of sp³-hybridized carbons (Fsp3) is 0.286. The summed E-state index contributed by atoms with van der Waals surface area (Å²) in [5.74, 6) is -0.311. The lowest BCUT2D eigenvalue weighted by Crippen LogP contribution is -2.33. The van der Waals surface area contributed by atoms with Crippen LogP contribution in [0, 0.1) is 10.1 Å². The Bertz CT molecular complexity index is 806. The second-order valence-electron chi connectivity index (χ2n) is 5.01. The Hall–Kier alpha value is -2.75. The molecule has 10 heteroatoms. The Labute approximate surface area is 140 Å². The van der Waals surface area contributed by atoms with Crippen molar-refractivity contribution in [1.29, 1.82) is 0 Å². The van der Waals surface area contributed by atoms with Gasteiger partial charge in [0.25, 0.3) is 10.9 Å². The van der Waals surface area contributed by atoms with Gasteiger partial charge >= 0.3 is 0 Å². The van der Waals surface area contributed by atoms with E-state index in [4.69, 9.17) is 4.42 Å². The molecule has 9 nitrogen and oxygen atoms in total. The summed E-state index contributed by atoms with van der Waals surface area (Å²) in [5, 5.41) is 18.6. The average Bonchev–Trinajstić information content (AvgIpc) is 3.21. The summed E-state index contributed by atoms with van der Waals surface area (Å²) in [5.41, 5.74) is 0.340. The normalized spacial score (nSPS) is 14.2. The third-order valence-corrected chi connectivity index (χ3v) is 4.21. The number of imide groups is 1. The first-order valence-electron chi connectivity index (χ1n) is 7.09. The van der Waals surface area contributed by atoms with Crippen molar-refractivity contribution in [3.05, 3.63) is 34.4 Å². The first-order chi connectivity index (χ1) is 11.5. The predicted molar refractivity (Wildman–Crippen MR) is 83.1 cm³/mol. The number of rotatable bonds is 5. The molecule has 2 amide bonds. The van der Waals surface area contributed by atoms with Crippen molar-refractivity contribution < 1.29 is 18.9 Å². The van der Waals surface area contributed by atoms with Crippen molar-refractivity contribution in [1.82, 2.24) is 15.1 Å². The smallest absolute Gasteiger partial charge is 0.277 e. The summed E-state index contributed by atoms with van der Waals surface area (Å²) in [6, 6.07) is 5.83. The monoisotopic (exact) mass is 348 g/mol. The van der Waals surface area contributed by atoms with Crippen LogP contribution in [0.2, 0.25) is 0 Å². The van der Waals surface area contributed by atoms with E-state index in [-0.39, 0.29) is 34.4 Å². The SMILES string of the molecule is O=C1CCCN1C(=O)CSc1nnc(-c2cccc([N+](=O)[O-])c2)o1. The molecule has 3 rings (SSSR count). The number of hydrogen-bond donors (Lipinski definition) is 0. The Morgan fingerprint density at radius 2 is 2.25 bits per heavy atom. The number of benzene rings is 1. The molecule has 1 aliphatic heterocycles. The highest BCUT2D eigenvalue weighted by atomic mass is 32.2. The van der Waals surface area contributed by atoms with Crippen LogP contribution in [0.5, 0.6) is 0 Å². The van der Waals surface area contributed by atoms with E-state index in [0.717, 1.165) is 11.8 Å². The van der Waals surface area contributed by atoms with E-state index in [9.17, 15) is 19.7 Å². The molecule has 0 unspecified atom stereocenters. The number of aromatic nitrogens is 2. The maximum Gasteiger partial charge on any atom is 0.277 e. The van der Waals surface area contributed by atoms with Gasteiger partial charge in [-0.15, -0.1) is 10.2 Å². The lowest BCUT2D eigenvalue weighted by molar-refractivity contribution is -0.384. The number of thioether (sulfide) groups is 1. The zero-order chi connectivity index (χ0) is 17.1. The standard InChI is InChI=1S/C14H12N4O5S/c19-11-5-2-6-17(11)12(20)8-24-14-16-15-13(23-14)9-3-1-4-10(7-9)18(21)22/h1,3-4,7H,2,5-6,8H2. The van der Waals surface area contributed by atoms with E-state index in [1.165, 1.54) is 23.1 Å². The van der Waals surface area contributed by atoms with Gasteiger partial charge in [-0.05, 0) is 12.5 Å². The van der Waals surface area contributed by atoms with E-state index in [2.05, 4.69) is 10.2 Å². The van der Waals surface area contributed by atoms with Crippen LogP contribution in [0.3, 0.4) is 0 Å². The zero-order valence-electron chi connectivity index (χ0n) is 12.4. The molecule has 0 saturated carbocycles. The first kappa shape index (κ1) is 16.1. The molecular weight excluding hydrogens is 336 g/mol. The van der Waals surface area contributed by atoms with Gasteiger partial charge in [-0.3, -0.25) is 24.6 Å². The Kier molecular flexibility index (Phi) is 4.56. The lowest BCUT2D eigenvalue weighted by atomic mass is 10.2. The second-order valence-corrected chi connectivity index (χ2v) is 5.94. The fourth-order valence-corrected chi connectivity index (χ4v) is 2.89. The number of non-ortho nitro benzene ring substituents is 1. The van der Waals surface area contributed by atoms with Crippen molar-refractivity contribution in [2.24, 2.45) is 0 Å². The van der Waals surface area contributed by atoms with Gasteiger partial charge in [0.2, 0.25) is 17.7 Å². The Balaban J connectivity index is 1.65. The van der Waals surface area contributed by atoms with Crippen LogP contribution in [0.1, 0.15) is 12.8 Å². The van der Waals surface area contributed by atoms with Crippen LogP contribution in [-0.2, 0) is 9.59 Å². The summed E-state index contributed by atoms with van der Waals surface area (Å²) in [7, 11) is 0. The van der Waals surface area contributed by atoms with E-state index in [1.54, 1.807) is 6.07 Å². The van der Waals surface area contributed by atoms with E-state index in [1.807, 2.05) is 0 Å². The third-order valence-electron chi connectivity index (χ3n) is 3.40. The van der Waals surface area contributed by atoms with Gasteiger partial charge in [0, 0.05) is 30.7 Å². The molecule has 0 N–H and O–H groups in total. The lowest BCUT2D eigenvalue weighted by Gasteiger charge is -2.11. The molecule has 1 saturated heterocycles. The molecule has 0 bridgehead atoms. The number of hydrogen-bond acceptors (Lipinski definition) is 8. The number of amides is 2. The molecule has 0 radical (unpaired) electrons. The summed E-state index contributed by atoms with van der Waals surface area (Å²) in [4.78, 5) is 34.9. The van der Waals surface area contributed by atoms with E-state index >= 15 is 0 Å². The van der Waals surface area contributed by atoms with Crippen LogP contribution in [0.15, 0.2) is 33.9 Å². The number of nitro benzene ring substituents is 1. The average molecular weight is 348 g/mol. The van der Waals surface area contributed by atoms with E-state index < -0.39 is 4.92 Å². The molecular formula is C14H12N4O5S. The topological polar surface area (TPSA) is 119 Å². The zero-order valence-corrected chi connectivity index (χ0v) is 13.2. The largest absolute Gasteiger partial charge is 0.411 e. The minimum Gasteiger partial charge on any atom is -0.411 e. The molecule has 1 fully saturated rings. The predicted octanol–water partition coefficient (Wildman–Crippen LogP) is 1.89. The van der Waals surface area contributed by atoms with Gasteiger partial charge in [0.15, 0.2) is 0 Å². The van der Waals surface area contributed by atoms with Gasteiger partial charge < -0.3 is 4.42 Å². The minimum absolute atomic E-state index is 0.0162.